The number of carbonyl (C=O) groups excluding carboxylic acids is 2. The molecule has 3 aromatic rings. The Kier molecular flexibility index (Phi) is 9.56. The lowest BCUT2D eigenvalue weighted by Crippen LogP contribution is -2.44. The molecular formula is C25H28N6O9. The first kappa shape index (κ1) is 29.3. The fraction of sp³-hybridized carbons (Fsp3) is 0.320. The zero-order valence-electron chi connectivity index (χ0n) is 21.1. The molecule has 212 valence electrons. The van der Waals surface area contributed by atoms with Crippen LogP contribution in [0, 0.1) is 0 Å². The number of rotatable bonds is 14. The fourth-order valence-corrected chi connectivity index (χ4v) is 3.90. The summed E-state index contributed by atoms with van der Waals surface area (Å²) in [7, 11) is 0. The van der Waals surface area contributed by atoms with E-state index in [1.165, 1.54) is 18.4 Å². The Morgan fingerprint density at radius 2 is 1.48 bits per heavy atom. The number of aryl methyl sites for hydroxylation is 2. The van der Waals surface area contributed by atoms with Crippen molar-refractivity contribution in [1.82, 2.24) is 20.6 Å². The first-order chi connectivity index (χ1) is 18.9. The molecule has 0 aliphatic rings. The van der Waals surface area contributed by atoms with Crippen molar-refractivity contribution in [1.29, 1.82) is 0 Å². The van der Waals surface area contributed by atoms with Gasteiger partial charge in [-0.05, 0) is 43.4 Å². The number of carbonyl (C=O) groups is 5. The Morgan fingerprint density at radius 3 is 2.10 bits per heavy atom. The third-order valence-electron chi connectivity index (χ3n) is 6.00. The van der Waals surface area contributed by atoms with Gasteiger partial charge in [-0.3, -0.25) is 14.4 Å². The molecule has 2 aromatic heterocycles. The van der Waals surface area contributed by atoms with E-state index in [1.807, 2.05) is 0 Å². The Hall–Kier alpha value is -5.21. The van der Waals surface area contributed by atoms with Gasteiger partial charge in [-0.15, -0.1) is 0 Å². The van der Waals surface area contributed by atoms with E-state index < -0.39 is 54.6 Å². The number of fused-ring (bicyclic) bond motifs is 1. The lowest BCUT2D eigenvalue weighted by atomic mass is 10.0. The van der Waals surface area contributed by atoms with Gasteiger partial charge in [0, 0.05) is 24.0 Å². The van der Waals surface area contributed by atoms with E-state index in [9.17, 15) is 29.1 Å². The van der Waals surface area contributed by atoms with Crippen LogP contribution in [0.15, 0.2) is 34.9 Å². The van der Waals surface area contributed by atoms with Crippen LogP contribution in [0.25, 0.3) is 11.1 Å². The van der Waals surface area contributed by atoms with Gasteiger partial charge in [-0.2, -0.15) is 9.97 Å². The fourth-order valence-electron chi connectivity index (χ4n) is 3.90. The normalized spacial score (nSPS) is 12.4. The van der Waals surface area contributed by atoms with Gasteiger partial charge >= 0.3 is 17.9 Å². The summed E-state index contributed by atoms with van der Waals surface area (Å²) in [6.07, 6.45) is 1.12. The third-order valence-corrected chi connectivity index (χ3v) is 6.00. The topological polar surface area (TPSA) is 261 Å². The Morgan fingerprint density at radius 1 is 0.850 bits per heavy atom. The number of aliphatic carboxylic acids is 3. The predicted molar refractivity (Wildman–Crippen MR) is 139 cm³/mol. The van der Waals surface area contributed by atoms with E-state index in [1.54, 1.807) is 12.1 Å². The minimum atomic E-state index is -1.43. The van der Waals surface area contributed by atoms with Crippen LogP contribution in [0.3, 0.4) is 0 Å². The van der Waals surface area contributed by atoms with E-state index in [0.29, 0.717) is 18.2 Å². The van der Waals surface area contributed by atoms with Crippen molar-refractivity contribution in [3.05, 3.63) is 47.2 Å². The summed E-state index contributed by atoms with van der Waals surface area (Å²) in [6, 6.07) is 3.62. The maximum absolute atomic E-state index is 12.6. The standard InChI is InChI=1S/C25H28N6O9/c26-20-19-14(11-40-22(19)31-25(27)30-20)6-3-12-1-4-13(5-2-12)21(35)29-16(24(38)39)7-9-17(32)28-15(23(36)37)8-10-18(33)34/h1-2,4-5,11,15-16H,3,6-10H2,(H,28,32)(H,29,35)(H,33,34)(H,36,37)(H,38,39)(H4,26,27,30,31)/t15-,16-/m0/s1. The number of anilines is 2. The van der Waals surface area contributed by atoms with Crippen molar-refractivity contribution >= 4 is 52.6 Å². The molecule has 0 unspecified atom stereocenters. The Balaban J connectivity index is 1.54. The molecule has 9 N–H and O–H groups in total. The van der Waals surface area contributed by atoms with E-state index >= 15 is 0 Å². The first-order valence-electron chi connectivity index (χ1n) is 12.1. The maximum atomic E-state index is 12.6. The highest BCUT2D eigenvalue weighted by Gasteiger charge is 2.25. The van der Waals surface area contributed by atoms with E-state index in [4.69, 9.17) is 26.1 Å². The van der Waals surface area contributed by atoms with Gasteiger partial charge in [0.15, 0.2) is 0 Å². The molecule has 15 heteroatoms. The SMILES string of the molecule is Nc1nc(N)c2c(CCc3ccc(C(=O)N[C@@H](CCC(=O)N[C@@H](CCC(=O)O)C(=O)O)C(=O)O)cc3)coc2n1. The Labute approximate surface area is 226 Å². The quantitative estimate of drug-likeness (QED) is 0.143. The molecule has 40 heavy (non-hydrogen) atoms. The van der Waals surface area contributed by atoms with Crippen LogP contribution in [0.5, 0.6) is 0 Å². The van der Waals surface area contributed by atoms with Crippen LogP contribution in [0.4, 0.5) is 11.8 Å². The smallest absolute Gasteiger partial charge is 0.326 e. The number of furan rings is 1. The lowest BCUT2D eigenvalue weighted by Gasteiger charge is -2.16. The molecular weight excluding hydrogens is 528 g/mol. The average Bonchev–Trinajstić information content (AvgIpc) is 3.30. The molecule has 1 aromatic carbocycles. The van der Waals surface area contributed by atoms with Crippen molar-refractivity contribution in [2.75, 3.05) is 11.5 Å². The number of carboxylic acids is 3. The number of hydrogen-bond donors (Lipinski definition) is 7. The van der Waals surface area contributed by atoms with E-state index in [2.05, 4.69) is 20.6 Å². The van der Waals surface area contributed by atoms with Crippen LogP contribution < -0.4 is 22.1 Å². The highest BCUT2D eigenvalue weighted by atomic mass is 16.4. The van der Waals surface area contributed by atoms with Crippen LogP contribution in [-0.4, -0.2) is 67.1 Å². The molecule has 2 atom stereocenters. The summed E-state index contributed by atoms with van der Waals surface area (Å²) >= 11 is 0. The first-order valence-corrected chi connectivity index (χ1v) is 12.1. The molecule has 0 saturated carbocycles. The second-order valence-electron chi connectivity index (χ2n) is 8.90. The van der Waals surface area contributed by atoms with Gasteiger partial charge in [0.2, 0.25) is 17.6 Å². The molecule has 0 spiro atoms. The number of aromatic nitrogens is 2. The highest BCUT2D eigenvalue weighted by Crippen LogP contribution is 2.26. The summed E-state index contributed by atoms with van der Waals surface area (Å²) in [5.41, 5.74) is 13.7. The predicted octanol–water partition coefficient (Wildman–Crippen LogP) is 0.570. The van der Waals surface area contributed by atoms with Crippen LogP contribution in [0.1, 0.15) is 47.2 Å². The van der Waals surface area contributed by atoms with Gasteiger partial charge in [-0.25, -0.2) is 9.59 Å². The summed E-state index contributed by atoms with van der Waals surface area (Å²) in [4.78, 5) is 66.2. The second kappa shape index (κ2) is 13.0. The summed E-state index contributed by atoms with van der Waals surface area (Å²) in [5, 5.41) is 32.4. The van der Waals surface area contributed by atoms with Gasteiger partial charge in [0.25, 0.3) is 5.91 Å². The Bertz CT molecular complexity index is 1420. The number of benzene rings is 1. The monoisotopic (exact) mass is 556 g/mol. The van der Waals surface area contributed by atoms with Crippen molar-refractivity contribution < 1.29 is 43.7 Å². The second-order valence-corrected chi connectivity index (χ2v) is 8.90. The number of nitrogens with one attached hydrogen (secondary N) is 2. The van der Waals surface area contributed by atoms with Crippen molar-refractivity contribution in [3.8, 4) is 0 Å². The molecule has 0 bridgehead atoms. The zero-order valence-corrected chi connectivity index (χ0v) is 21.1. The molecule has 3 rings (SSSR count). The zero-order chi connectivity index (χ0) is 29.4. The van der Waals surface area contributed by atoms with Gasteiger partial charge in [0.1, 0.15) is 17.9 Å². The molecule has 2 heterocycles. The van der Waals surface area contributed by atoms with Crippen molar-refractivity contribution in [3.63, 3.8) is 0 Å². The van der Waals surface area contributed by atoms with Crippen LogP contribution >= 0.6 is 0 Å². The number of amides is 2. The molecule has 15 nitrogen and oxygen atoms in total. The van der Waals surface area contributed by atoms with Crippen molar-refractivity contribution in [2.24, 2.45) is 0 Å². The lowest BCUT2D eigenvalue weighted by molar-refractivity contribution is -0.143. The summed E-state index contributed by atoms with van der Waals surface area (Å²) in [6.45, 7) is 0. The maximum Gasteiger partial charge on any atom is 0.326 e. The molecule has 0 fully saturated rings. The third kappa shape index (κ3) is 7.89. The number of nitrogens with zero attached hydrogens (tertiary/aromatic N) is 2. The number of nitrogens with two attached hydrogens (primary N) is 2. The average molecular weight is 557 g/mol. The van der Waals surface area contributed by atoms with Gasteiger partial charge in [-0.1, -0.05) is 12.1 Å². The number of nitrogen functional groups attached to an aromatic ring is 2. The van der Waals surface area contributed by atoms with Gasteiger partial charge < -0.3 is 41.8 Å². The van der Waals surface area contributed by atoms with E-state index in [0.717, 1.165) is 11.1 Å². The molecule has 0 radical (unpaired) electrons. The molecule has 0 aliphatic carbocycles. The number of carboxylic acid groups (broad SMARTS) is 3. The highest BCUT2D eigenvalue weighted by molar-refractivity contribution is 5.96. The van der Waals surface area contributed by atoms with E-state index in [-0.39, 0.29) is 35.9 Å². The molecule has 2 amide bonds. The van der Waals surface area contributed by atoms with Gasteiger partial charge in [0.05, 0.1) is 11.6 Å². The largest absolute Gasteiger partial charge is 0.481 e. The minimum Gasteiger partial charge on any atom is -0.481 e. The van der Waals surface area contributed by atoms with Crippen LogP contribution in [0.2, 0.25) is 0 Å². The molecule has 0 saturated heterocycles. The van der Waals surface area contributed by atoms with Crippen molar-refractivity contribution in [2.45, 2.75) is 50.6 Å². The molecule has 0 aliphatic heterocycles. The number of hydrogen-bond acceptors (Lipinski definition) is 10. The van der Waals surface area contributed by atoms with Crippen LogP contribution in [-0.2, 0) is 32.0 Å². The summed E-state index contributed by atoms with van der Waals surface area (Å²) in [5.74, 6) is -5.26. The minimum absolute atomic E-state index is 0.00739. The summed E-state index contributed by atoms with van der Waals surface area (Å²) < 4.78 is 5.40.